The predicted octanol–water partition coefficient (Wildman–Crippen LogP) is 3.57. The van der Waals surface area contributed by atoms with Gasteiger partial charge in [0.25, 0.3) is 11.3 Å². The highest BCUT2D eigenvalue weighted by molar-refractivity contribution is 7.80. The second kappa shape index (κ2) is 11.2. The zero-order valence-electron chi connectivity index (χ0n) is 17.6. The predicted molar refractivity (Wildman–Crippen MR) is 123 cm³/mol. The van der Waals surface area contributed by atoms with E-state index in [1.165, 1.54) is 0 Å². The molecule has 0 fully saturated rings. The molecule has 1 aromatic carbocycles. The molecular formula is C21H27N5O3S2. The minimum Gasteiger partial charge on any atom is -0.347 e. The van der Waals surface area contributed by atoms with Crippen molar-refractivity contribution in [3.05, 3.63) is 63.6 Å². The Morgan fingerprint density at radius 1 is 1.26 bits per heavy atom. The lowest BCUT2D eigenvalue weighted by molar-refractivity contribution is -0.121. The Hall–Kier alpha value is -2.56. The topological polar surface area (TPSA) is 120 Å². The molecule has 4 N–H and O–H groups in total. The van der Waals surface area contributed by atoms with Gasteiger partial charge >= 0.3 is 0 Å². The molecule has 0 aliphatic heterocycles. The van der Waals surface area contributed by atoms with Gasteiger partial charge in [0.1, 0.15) is 10.8 Å². The number of hydrogen-bond donors (Lipinski definition) is 4. The fraction of sp³-hybridized carbons (Fsp3) is 0.381. The Labute approximate surface area is 188 Å². The summed E-state index contributed by atoms with van der Waals surface area (Å²) in [7, 11) is 0. The van der Waals surface area contributed by atoms with Gasteiger partial charge in [-0.05, 0) is 37.0 Å². The van der Waals surface area contributed by atoms with Crippen LogP contribution in [-0.2, 0) is 41.7 Å². The van der Waals surface area contributed by atoms with Gasteiger partial charge in [-0.1, -0.05) is 26.0 Å². The number of nitrogens with one attached hydrogen (secondary N) is 3. The smallest absolute Gasteiger partial charge is 0.259 e. The largest absolute Gasteiger partial charge is 0.347 e. The van der Waals surface area contributed by atoms with Crippen molar-refractivity contribution < 1.29 is 13.6 Å². The highest BCUT2D eigenvalue weighted by Crippen LogP contribution is 2.24. The molecule has 0 saturated carbocycles. The van der Waals surface area contributed by atoms with E-state index in [1.54, 1.807) is 23.5 Å². The van der Waals surface area contributed by atoms with Crippen LogP contribution >= 0.6 is 11.3 Å². The van der Waals surface area contributed by atoms with E-state index >= 15 is 0 Å². The summed E-state index contributed by atoms with van der Waals surface area (Å²) in [5.74, 6) is 0.761. The van der Waals surface area contributed by atoms with E-state index in [9.17, 15) is 9.00 Å². The third kappa shape index (κ3) is 6.98. The van der Waals surface area contributed by atoms with Crippen LogP contribution in [0, 0.1) is 0 Å². The van der Waals surface area contributed by atoms with Crippen molar-refractivity contribution in [3.8, 4) is 0 Å². The number of aryl methyl sites for hydroxylation is 3. The van der Waals surface area contributed by atoms with Crippen molar-refractivity contribution in [2.75, 3.05) is 4.72 Å². The van der Waals surface area contributed by atoms with E-state index in [1.807, 2.05) is 23.7 Å². The fourth-order valence-corrected chi connectivity index (χ4v) is 4.39. The lowest BCUT2D eigenvalue weighted by Crippen LogP contribution is -2.30. The first kappa shape index (κ1) is 23.1. The number of thiazole rings is 1. The van der Waals surface area contributed by atoms with Gasteiger partial charge in [-0.2, -0.15) is 0 Å². The maximum absolute atomic E-state index is 12.7. The average Bonchev–Trinajstić information content (AvgIpc) is 3.42. The van der Waals surface area contributed by atoms with E-state index in [0.717, 1.165) is 40.6 Å². The third-order valence-corrected chi connectivity index (χ3v) is 6.23. The van der Waals surface area contributed by atoms with Crippen LogP contribution in [0.5, 0.6) is 0 Å². The average molecular weight is 462 g/mol. The van der Waals surface area contributed by atoms with E-state index in [-0.39, 0.29) is 11.9 Å². The molecule has 2 atom stereocenters. The first-order chi connectivity index (χ1) is 15.0. The lowest BCUT2D eigenvalue weighted by Gasteiger charge is -2.17. The van der Waals surface area contributed by atoms with E-state index in [0.29, 0.717) is 24.9 Å². The Balaban J connectivity index is 1.67. The number of amides is 1. The number of anilines is 1. The summed E-state index contributed by atoms with van der Waals surface area (Å²) >= 11 is -0.564. The number of H-pyrrole nitrogens is 1. The molecule has 0 radical (unpaired) electrons. The Kier molecular flexibility index (Phi) is 8.33. The molecule has 3 rings (SSSR count). The van der Waals surface area contributed by atoms with Crippen molar-refractivity contribution in [1.29, 1.82) is 0 Å². The molecule has 8 nitrogen and oxygen atoms in total. The van der Waals surface area contributed by atoms with Gasteiger partial charge in [-0.25, -0.2) is 14.2 Å². The van der Waals surface area contributed by atoms with E-state index in [2.05, 4.69) is 38.8 Å². The molecule has 0 bridgehead atoms. The Morgan fingerprint density at radius 2 is 2.03 bits per heavy atom. The van der Waals surface area contributed by atoms with Crippen LogP contribution in [0.2, 0.25) is 0 Å². The van der Waals surface area contributed by atoms with Crippen molar-refractivity contribution in [2.24, 2.45) is 0 Å². The van der Waals surface area contributed by atoms with Crippen LogP contribution in [-0.4, -0.2) is 29.6 Å². The molecule has 0 aliphatic carbocycles. The van der Waals surface area contributed by atoms with Gasteiger partial charge in [-0.15, -0.1) is 11.3 Å². The monoisotopic (exact) mass is 461 g/mol. The Morgan fingerprint density at radius 3 is 2.65 bits per heavy atom. The van der Waals surface area contributed by atoms with Gasteiger partial charge in [0, 0.05) is 35.8 Å². The maximum atomic E-state index is 12.7. The zero-order chi connectivity index (χ0) is 22.2. The highest BCUT2D eigenvalue weighted by atomic mass is 32.2. The number of imidazole rings is 1. The maximum Gasteiger partial charge on any atom is 0.259 e. The summed E-state index contributed by atoms with van der Waals surface area (Å²) in [5, 5.41) is 6.01. The molecule has 3 aromatic rings. The molecule has 0 spiro atoms. The molecule has 166 valence electrons. The van der Waals surface area contributed by atoms with Gasteiger partial charge in [-0.3, -0.25) is 14.1 Å². The first-order valence-corrected chi connectivity index (χ1v) is 12.2. The first-order valence-electron chi connectivity index (χ1n) is 10.2. The second-order valence-electron chi connectivity index (χ2n) is 7.11. The van der Waals surface area contributed by atoms with Gasteiger partial charge < -0.3 is 10.3 Å². The molecule has 0 aliphatic rings. The van der Waals surface area contributed by atoms with Crippen LogP contribution in [0.1, 0.15) is 54.1 Å². The molecule has 2 aromatic heterocycles. The van der Waals surface area contributed by atoms with Crippen LogP contribution in [0.3, 0.4) is 0 Å². The highest BCUT2D eigenvalue weighted by Gasteiger charge is 2.19. The van der Waals surface area contributed by atoms with Gasteiger partial charge in [0.2, 0.25) is 5.91 Å². The van der Waals surface area contributed by atoms with Crippen molar-refractivity contribution >= 4 is 34.2 Å². The SMILES string of the molecule is CCc1csc([C@H](Cc2ccc(NS(=O)O)cc2)NC(=O)CCc2ncc(CC)[nH]2)n1. The normalized spacial score (nSPS) is 13.0. The standard InChI is InChI=1S/C21H27N5O3S2/c1-3-15-12-22-19(23-15)9-10-20(27)25-18(21-24-16(4-2)13-30-21)11-14-5-7-17(8-6-14)26-31(28)29/h5-8,12-13,18,26H,3-4,9-11H2,1-2H3,(H,22,23)(H,25,27)(H,28,29)/t18-/m0/s1. The zero-order valence-corrected chi connectivity index (χ0v) is 19.2. The van der Waals surface area contributed by atoms with Crippen LogP contribution < -0.4 is 10.0 Å². The fourth-order valence-electron chi connectivity index (χ4n) is 3.10. The minimum absolute atomic E-state index is 0.0540. The second-order valence-corrected chi connectivity index (χ2v) is 8.70. The van der Waals surface area contributed by atoms with Gasteiger partial charge in [0.05, 0.1) is 11.7 Å². The molecule has 10 heteroatoms. The molecule has 0 saturated heterocycles. The van der Waals surface area contributed by atoms with Crippen molar-refractivity contribution in [2.45, 2.75) is 52.0 Å². The summed E-state index contributed by atoms with van der Waals surface area (Å²) in [6.07, 6.45) is 5.00. The lowest BCUT2D eigenvalue weighted by atomic mass is 10.1. The molecule has 2 heterocycles. The van der Waals surface area contributed by atoms with Crippen LogP contribution in [0.4, 0.5) is 5.69 Å². The van der Waals surface area contributed by atoms with Crippen molar-refractivity contribution in [3.63, 3.8) is 0 Å². The number of carbonyl (C=O) groups excluding carboxylic acids is 1. The number of aromatic nitrogens is 3. The third-order valence-electron chi connectivity index (χ3n) is 4.81. The number of rotatable bonds is 11. The van der Waals surface area contributed by atoms with E-state index < -0.39 is 11.3 Å². The molecule has 1 unspecified atom stereocenters. The van der Waals surface area contributed by atoms with Gasteiger partial charge in [0.15, 0.2) is 0 Å². The van der Waals surface area contributed by atoms with Crippen LogP contribution in [0.15, 0.2) is 35.8 Å². The summed E-state index contributed by atoms with van der Waals surface area (Å²) in [6.45, 7) is 4.11. The molecular weight excluding hydrogens is 434 g/mol. The summed E-state index contributed by atoms with van der Waals surface area (Å²) in [5.41, 5.74) is 3.61. The summed E-state index contributed by atoms with van der Waals surface area (Å²) in [6, 6.07) is 6.98. The number of aromatic amines is 1. The quantitative estimate of drug-likeness (QED) is 0.325. The number of hydrogen-bond acceptors (Lipinski definition) is 5. The number of carbonyl (C=O) groups is 1. The van der Waals surface area contributed by atoms with E-state index in [4.69, 9.17) is 4.55 Å². The molecule has 1 amide bonds. The van der Waals surface area contributed by atoms with Crippen LogP contribution in [0.25, 0.3) is 0 Å². The number of nitrogens with zero attached hydrogens (tertiary/aromatic N) is 2. The summed E-state index contributed by atoms with van der Waals surface area (Å²) < 4.78 is 22.3. The molecule has 31 heavy (non-hydrogen) atoms. The summed E-state index contributed by atoms with van der Waals surface area (Å²) in [4.78, 5) is 24.9. The van der Waals surface area contributed by atoms with Crippen molar-refractivity contribution in [1.82, 2.24) is 20.3 Å². The number of benzene rings is 1. The minimum atomic E-state index is -2.11. The Bertz CT molecular complexity index is 1020.